The van der Waals surface area contributed by atoms with Crippen LogP contribution in [0.15, 0.2) is 12.1 Å². The lowest BCUT2D eigenvalue weighted by atomic mass is 10.1. The van der Waals surface area contributed by atoms with Crippen LogP contribution in [0.1, 0.15) is 25.3 Å². The van der Waals surface area contributed by atoms with E-state index in [2.05, 4.69) is 5.32 Å². The van der Waals surface area contributed by atoms with E-state index >= 15 is 0 Å². The molecule has 0 saturated heterocycles. The summed E-state index contributed by atoms with van der Waals surface area (Å²) in [5, 5.41) is 3.86. The number of carbonyl (C=O) groups is 1. The van der Waals surface area contributed by atoms with Gasteiger partial charge in [0.15, 0.2) is 0 Å². The quantitative estimate of drug-likeness (QED) is 0.792. The van der Waals surface area contributed by atoms with Crippen LogP contribution >= 0.6 is 11.6 Å². The predicted molar refractivity (Wildman–Crippen MR) is 71.1 cm³/mol. The maximum atomic E-state index is 10.8. The third kappa shape index (κ3) is 4.27. The Bertz CT molecular complexity index is 405. The molecule has 0 amide bonds. The standard InChI is InChI=1S/C13H18ClNO2/c1-9-7-13(17-3)11(14)8-12(9)15-6-4-5-10(2)16/h7-8,15H,4-6H2,1-3H3. The molecule has 0 unspecified atom stereocenters. The van der Waals surface area contributed by atoms with Crippen molar-refractivity contribution in [3.63, 3.8) is 0 Å². The molecule has 1 N–H and O–H groups in total. The molecule has 0 aromatic heterocycles. The molecule has 0 aliphatic rings. The normalized spacial score (nSPS) is 10.1. The molecule has 0 heterocycles. The number of anilines is 1. The summed E-state index contributed by atoms with van der Waals surface area (Å²) in [6.07, 6.45) is 1.44. The number of nitrogens with one attached hydrogen (secondary N) is 1. The molecule has 1 aromatic rings. The molecule has 4 heteroatoms. The molecule has 0 aliphatic heterocycles. The van der Waals surface area contributed by atoms with Crippen LogP contribution in [0.3, 0.4) is 0 Å². The minimum Gasteiger partial charge on any atom is -0.495 e. The van der Waals surface area contributed by atoms with E-state index in [0.717, 1.165) is 24.2 Å². The zero-order valence-electron chi connectivity index (χ0n) is 10.5. The Morgan fingerprint density at radius 2 is 2.18 bits per heavy atom. The largest absolute Gasteiger partial charge is 0.495 e. The second kappa shape index (κ2) is 6.50. The first-order valence-corrected chi connectivity index (χ1v) is 6.00. The summed E-state index contributed by atoms with van der Waals surface area (Å²) in [5.41, 5.74) is 2.06. The fourth-order valence-corrected chi connectivity index (χ4v) is 1.80. The van der Waals surface area contributed by atoms with E-state index < -0.39 is 0 Å². The van der Waals surface area contributed by atoms with Crippen molar-refractivity contribution in [2.45, 2.75) is 26.7 Å². The van der Waals surface area contributed by atoms with Crippen molar-refractivity contribution in [1.82, 2.24) is 0 Å². The Hall–Kier alpha value is -1.22. The van der Waals surface area contributed by atoms with E-state index in [1.54, 1.807) is 14.0 Å². The number of hydrogen-bond donors (Lipinski definition) is 1. The van der Waals surface area contributed by atoms with E-state index in [1.165, 1.54) is 0 Å². The first kappa shape index (κ1) is 13.8. The van der Waals surface area contributed by atoms with E-state index in [4.69, 9.17) is 16.3 Å². The second-order valence-corrected chi connectivity index (χ2v) is 4.44. The molecule has 3 nitrogen and oxygen atoms in total. The number of carbonyl (C=O) groups excluding carboxylic acids is 1. The number of aryl methyl sites for hydroxylation is 1. The summed E-state index contributed by atoms with van der Waals surface area (Å²) in [5.74, 6) is 0.898. The molecular formula is C13H18ClNO2. The first-order valence-electron chi connectivity index (χ1n) is 5.62. The van der Waals surface area contributed by atoms with E-state index in [9.17, 15) is 4.79 Å². The predicted octanol–water partition coefficient (Wildman–Crippen LogP) is 3.44. The lowest BCUT2D eigenvalue weighted by Crippen LogP contribution is -2.05. The summed E-state index contributed by atoms with van der Waals surface area (Å²) < 4.78 is 5.13. The van der Waals surface area contributed by atoms with Gasteiger partial charge in [0.05, 0.1) is 12.1 Å². The van der Waals surface area contributed by atoms with Gasteiger partial charge in [-0.3, -0.25) is 0 Å². The Kier molecular flexibility index (Phi) is 5.29. The average molecular weight is 256 g/mol. The van der Waals surface area contributed by atoms with Crippen LogP contribution in [0.5, 0.6) is 5.75 Å². The number of methoxy groups -OCH3 is 1. The van der Waals surface area contributed by atoms with Crippen LogP contribution in [0.2, 0.25) is 5.02 Å². The highest BCUT2D eigenvalue weighted by atomic mass is 35.5. The average Bonchev–Trinajstić information content (AvgIpc) is 2.28. The molecule has 0 radical (unpaired) electrons. The molecule has 0 spiro atoms. The zero-order valence-corrected chi connectivity index (χ0v) is 11.2. The number of ketones is 1. The van der Waals surface area contributed by atoms with Crippen molar-refractivity contribution in [3.05, 3.63) is 22.7 Å². The second-order valence-electron chi connectivity index (χ2n) is 4.03. The van der Waals surface area contributed by atoms with E-state index in [-0.39, 0.29) is 5.78 Å². The monoisotopic (exact) mass is 255 g/mol. The molecule has 0 bridgehead atoms. The van der Waals surface area contributed by atoms with Crippen LogP contribution < -0.4 is 10.1 Å². The summed E-state index contributed by atoms with van der Waals surface area (Å²) in [6.45, 7) is 4.37. The Labute approximate surface area is 107 Å². The SMILES string of the molecule is COc1cc(C)c(NCCCC(C)=O)cc1Cl. The number of ether oxygens (including phenoxy) is 1. The fourth-order valence-electron chi connectivity index (χ4n) is 1.56. The van der Waals surface area contributed by atoms with Gasteiger partial charge < -0.3 is 14.8 Å². The van der Waals surface area contributed by atoms with E-state index in [1.807, 2.05) is 19.1 Å². The van der Waals surface area contributed by atoms with Crippen LogP contribution in [0.4, 0.5) is 5.69 Å². The third-order valence-corrected chi connectivity index (χ3v) is 2.82. The highest BCUT2D eigenvalue weighted by Gasteiger charge is 2.05. The van der Waals surface area contributed by atoms with Gasteiger partial charge in [-0.2, -0.15) is 0 Å². The summed E-state index contributed by atoms with van der Waals surface area (Å²) in [4.78, 5) is 10.8. The fraction of sp³-hybridized carbons (Fsp3) is 0.462. The summed E-state index contributed by atoms with van der Waals surface area (Å²) in [6, 6.07) is 3.75. The maximum absolute atomic E-state index is 10.8. The van der Waals surface area contributed by atoms with Crippen molar-refractivity contribution in [1.29, 1.82) is 0 Å². The molecule has 0 fully saturated rings. The number of Topliss-reactive ketones (excluding diaryl/α,β-unsaturated/α-hetero) is 1. The maximum Gasteiger partial charge on any atom is 0.137 e. The molecule has 94 valence electrons. The smallest absolute Gasteiger partial charge is 0.137 e. The van der Waals surface area contributed by atoms with Gasteiger partial charge in [-0.25, -0.2) is 0 Å². The highest BCUT2D eigenvalue weighted by Crippen LogP contribution is 2.30. The van der Waals surface area contributed by atoms with Gasteiger partial charge in [-0.1, -0.05) is 11.6 Å². The molecule has 17 heavy (non-hydrogen) atoms. The Morgan fingerprint density at radius 1 is 1.47 bits per heavy atom. The molecule has 0 aliphatic carbocycles. The topological polar surface area (TPSA) is 38.3 Å². The van der Waals surface area contributed by atoms with Crippen LogP contribution in [-0.4, -0.2) is 19.4 Å². The molecule has 1 rings (SSSR count). The molecule has 0 saturated carbocycles. The van der Waals surface area contributed by atoms with Crippen molar-refractivity contribution >= 4 is 23.1 Å². The Balaban J connectivity index is 2.59. The summed E-state index contributed by atoms with van der Waals surface area (Å²) in [7, 11) is 1.60. The zero-order chi connectivity index (χ0) is 12.8. The number of benzene rings is 1. The summed E-state index contributed by atoms with van der Waals surface area (Å²) >= 11 is 6.05. The highest BCUT2D eigenvalue weighted by molar-refractivity contribution is 6.32. The third-order valence-electron chi connectivity index (χ3n) is 2.52. The van der Waals surface area contributed by atoms with Gasteiger partial charge >= 0.3 is 0 Å². The minimum absolute atomic E-state index is 0.219. The first-order chi connectivity index (χ1) is 8.04. The van der Waals surface area contributed by atoms with E-state index in [0.29, 0.717) is 17.2 Å². The molecule has 0 atom stereocenters. The number of hydrogen-bond acceptors (Lipinski definition) is 3. The van der Waals surface area contributed by atoms with Gasteiger partial charge in [0.1, 0.15) is 11.5 Å². The molecular weight excluding hydrogens is 238 g/mol. The molecule has 1 aromatic carbocycles. The van der Waals surface area contributed by atoms with Crippen molar-refractivity contribution in [2.75, 3.05) is 19.0 Å². The van der Waals surface area contributed by atoms with Gasteiger partial charge in [0.2, 0.25) is 0 Å². The van der Waals surface area contributed by atoms with Gasteiger partial charge in [-0.05, 0) is 38.0 Å². The van der Waals surface area contributed by atoms with Crippen molar-refractivity contribution < 1.29 is 9.53 Å². The van der Waals surface area contributed by atoms with Crippen LogP contribution in [0, 0.1) is 6.92 Å². The van der Waals surface area contributed by atoms with Crippen molar-refractivity contribution in [3.8, 4) is 5.75 Å². The van der Waals surface area contributed by atoms with Crippen LogP contribution in [-0.2, 0) is 4.79 Å². The van der Waals surface area contributed by atoms with Gasteiger partial charge in [-0.15, -0.1) is 0 Å². The lowest BCUT2D eigenvalue weighted by Gasteiger charge is -2.12. The number of rotatable bonds is 6. The minimum atomic E-state index is 0.219. The lowest BCUT2D eigenvalue weighted by molar-refractivity contribution is -0.117. The van der Waals surface area contributed by atoms with Gasteiger partial charge in [0, 0.05) is 18.7 Å². The number of halogens is 1. The van der Waals surface area contributed by atoms with Gasteiger partial charge in [0.25, 0.3) is 0 Å². The Morgan fingerprint density at radius 3 is 2.76 bits per heavy atom. The van der Waals surface area contributed by atoms with Crippen molar-refractivity contribution in [2.24, 2.45) is 0 Å². The van der Waals surface area contributed by atoms with Crippen LogP contribution in [0.25, 0.3) is 0 Å².